The molecule has 0 unspecified atom stereocenters. The van der Waals surface area contributed by atoms with Crippen molar-refractivity contribution in [3.8, 4) is 0 Å². The first kappa shape index (κ1) is 9.15. The molecule has 0 aromatic carbocycles. The van der Waals surface area contributed by atoms with Crippen molar-refractivity contribution < 1.29 is 8.78 Å². The summed E-state index contributed by atoms with van der Waals surface area (Å²) >= 11 is 5.30. The Morgan fingerprint density at radius 2 is 1.56 bits per heavy atom. The molecule has 0 fully saturated rings. The molecule has 3 heteroatoms. The molecule has 0 saturated heterocycles. The van der Waals surface area contributed by atoms with E-state index in [0.29, 0.717) is 0 Å². The first-order valence-electron chi connectivity index (χ1n) is 2.75. The van der Waals surface area contributed by atoms with Crippen LogP contribution in [0, 0.1) is 5.41 Å². The Labute approximate surface area is 59.2 Å². The Morgan fingerprint density at radius 3 is 1.56 bits per heavy atom. The third-order valence-corrected chi connectivity index (χ3v) is 2.19. The summed E-state index contributed by atoms with van der Waals surface area (Å²) in [7, 11) is 0. The van der Waals surface area contributed by atoms with Gasteiger partial charge in [0.15, 0.2) is 0 Å². The molecule has 0 aliphatic heterocycles. The predicted octanol–water partition coefficient (Wildman–Crippen LogP) is 2.91. The second-order valence-corrected chi connectivity index (χ2v) is 3.17. The second-order valence-electron chi connectivity index (χ2n) is 2.91. The summed E-state index contributed by atoms with van der Waals surface area (Å²) in [4.78, 5) is 0. The second kappa shape index (κ2) is 2.41. The maximum Gasteiger partial charge on any atom is 0.251 e. The van der Waals surface area contributed by atoms with Crippen molar-refractivity contribution in [1.29, 1.82) is 0 Å². The lowest BCUT2D eigenvalue weighted by Gasteiger charge is -2.28. The van der Waals surface area contributed by atoms with Crippen LogP contribution >= 0.6 is 11.6 Å². The van der Waals surface area contributed by atoms with Gasteiger partial charge < -0.3 is 0 Å². The highest BCUT2D eigenvalue weighted by Crippen LogP contribution is 2.36. The van der Waals surface area contributed by atoms with E-state index in [1.165, 1.54) is 13.8 Å². The highest BCUT2D eigenvalue weighted by molar-refractivity contribution is 6.18. The van der Waals surface area contributed by atoms with Gasteiger partial charge in [0.1, 0.15) is 0 Å². The van der Waals surface area contributed by atoms with Crippen molar-refractivity contribution in [2.45, 2.75) is 26.7 Å². The summed E-state index contributed by atoms with van der Waals surface area (Å²) in [6.45, 7) is 3.77. The van der Waals surface area contributed by atoms with E-state index >= 15 is 0 Å². The van der Waals surface area contributed by atoms with E-state index in [-0.39, 0.29) is 5.88 Å². The molecule has 0 aromatic heterocycles. The molecule has 0 amide bonds. The van der Waals surface area contributed by atoms with Crippen molar-refractivity contribution in [3.63, 3.8) is 0 Å². The van der Waals surface area contributed by atoms with Crippen LogP contribution in [0.2, 0.25) is 0 Å². The van der Waals surface area contributed by atoms with Gasteiger partial charge in [0.2, 0.25) is 0 Å². The van der Waals surface area contributed by atoms with Gasteiger partial charge in [-0.2, -0.15) is 0 Å². The number of alkyl halides is 3. The lowest BCUT2D eigenvalue weighted by Crippen LogP contribution is -2.34. The minimum Gasteiger partial charge on any atom is -0.207 e. The van der Waals surface area contributed by atoms with Gasteiger partial charge in [0.25, 0.3) is 5.92 Å². The molecule has 0 rings (SSSR count). The van der Waals surface area contributed by atoms with Crippen LogP contribution in [-0.4, -0.2) is 11.8 Å². The van der Waals surface area contributed by atoms with Gasteiger partial charge in [-0.1, -0.05) is 13.8 Å². The minimum atomic E-state index is -2.69. The van der Waals surface area contributed by atoms with E-state index < -0.39 is 11.3 Å². The first-order valence-corrected chi connectivity index (χ1v) is 3.28. The van der Waals surface area contributed by atoms with Crippen LogP contribution in [0.5, 0.6) is 0 Å². The molecule has 0 heterocycles. The number of halogens is 3. The van der Waals surface area contributed by atoms with Crippen molar-refractivity contribution >= 4 is 11.6 Å². The average Bonchev–Trinajstić information content (AvgIpc) is 1.64. The Hall–Kier alpha value is 0.150. The van der Waals surface area contributed by atoms with Crippen molar-refractivity contribution in [3.05, 3.63) is 0 Å². The smallest absolute Gasteiger partial charge is 0.207 e. The molecular weight excluding hydrogens is 146 g/mol. The summed E-state index contributed by atoms with van der Waals surface area (Å²) in [5.74, 6) is -2.70. The standard InChI is InChI=1S/C6H11ClF2/c1-5(2,4-7)6(3,8)9/h4H2,1-3H3. The maximum absolute atomic E-state index is 12.4. The van der Waals surface area contributed by atoms with Crippen LogP contribution in [0.25, 0.3) is 0 Å². The average molecular weight is 157 g/mol. The maximum atomic E-state index is 12.4. The molecule has 56 valence electrons. The molecule has 0 saturated carbocycles. The Bertz CT molecular complexity index is 93.7. The van der Waals surface area contributed by atoms with E-state index in [2.05, 4.69) is 0 Å². The summed E-state index contributed by atoms with van der Waals surface area (Å²) in [6, 6.07) is 0. The van der Waals surface area contributed by atoms with E-state index in [9.17, 15) is 8.78 Å². The zero-order valence-corrected chi connectivity index (χ0v) is 6.60. The van der Waals surface area contributed by atoms with E-state index in [4.69, 9.17) is 11.6 Å². The fourth-order valence-electron chi connectivity index (χ4n) is 0.117. The monoisotopic (exact) mass is 156 g/mol. The molecule has 0 aliphatic carbocycles. The highest BCUT2D eigenvalue weighted by atomic mass is 35.5. The third-order valence-electron chi connectivity index (χ3n) is 1.52. The van der Waals surface area contributed by atoms with E-state index in [1.807, 2.05) is 0 Å². The van der Waals surface area contributed by atoms with Crippen molar-refractivity contribution in [2.24, 2.45) is 5.41 Å². The fourth-order valence-corrected chi connectivity index (χ4v) is 0.352. The van der Waals surface area contributed by atoms with Gasteiger partial charge >= 0.3 is 0 Å². The van der Waals surface area contributed by atoms with Gasteiger partial charge in [0, 0.05) is 11.3 Å². The van der Waals surface area contributed by atoms with Gasteiger partial charge in [-0.05, 0) is 6.92 Å². The molecule has 0 bridgehead atoms. The summed E-state index contributed by atoms with van der Waals surface area (Å²) in [5.41, 5.74) is -1.09. The third kappa shape index (κ3) is 2.09. The molecule has 0 aliphatic rings. The summed E-state index contributed by atoms with van der Waals surface area (Å²) < 4.78 is 24.8. The van der Waals surface area contributed by atoms with Crippen LogP contribution in [0.4, 0.5) is 8.78 Å². The number of rotatable bonds is 2. The molecule has 0 aromatic rings. The van der Waals surface area contributed by atoms with Crippen LogP contribution in [0.1, 0.15) is 20.8 Å². The van der Waals surface area contributed by atoms with Gasteiger partial charge in [-0.3, -0.25) is 0 Å². The van der Waals surface area contributed by atoms with Crippen LogP contribution < -0.4 is 0 Å². The molecule has 0 atom stereocenters. The Kier molecular flexibility index (Phi) is 2.45. The fraction of sp³-hybridized carbons (Fsp3) is 1.00. The molecular formula is C6H11ClF2. The molecule has 9 heavy (non-hydrogen) atoms. The van der Waals surface area contributed by atoms with E-state index in [0.717, 1.165) is 6.92 Å². The summed E-state index contributed by atoms with van der Waals surface area (Å²) in [5, 5.41) is 0. The normalized spacial score (nSPS) is 14.0. The lowest BCUT2D eigenvalue weighted by atomic mass is 9.89. The minimum absolute atomic E-state index is 0.0174. The van der Waals surface area contributed by atoms with Crippen molar-refractivity contribution in [1.82, 2.24) is 0 Å². The Balaban J connectivity index is 4.14. The Morgan fingerprint density at radius 1 is 1.22 bits per heavy atom. The van der Waals surface area contributed by atoms with E-state index in [1.54, 1.807) is 0 Å². The lowest BCUT2D eigenvalue weighted by molar-refractivity contribution is -0.0766. The molecule has 0 nitrogen and oxygen atoms in total. The zero-order valence-electron chi connectivity index (χ0n) is 5.84. The molecule has 0 spiro atoms. The highest BCUT2D eigenvalue weighted by Gasteiger charge is 2.40. The largest absolute Gasteiger partial charge is 0.251 e. The van der Waals surface area contributed by atoms with Gasteiger partial charge in [-0.15, -0.1) is 11.6 Å². The molecule has 0 radical (unpaired) electrons. The predicted molar refractivity (Wildman–Crippen MR) is 35.1 cm³/mol. The number of hydrogen-bond acceptors (Lipinski definition) is 0. The quantitative estimate of drug-likeness (QED) is 0.540. The van der Waals surface area contributed by atoms with Crippen LogP contribution in [0.3, 0.4) is 0 Å². The van der Waals surface area contributed by atoms with Gasteiger partial charge in [-0.25, -0.2) is 8.78 Å². The SMILES string of the molecule is CC(F)(F)C(C)(C)CCl. The van der Waals surface area contributed by atoms with Crippen molar-refractivity contribution in [2.75, 3.05) is 5.88 Å². The number of hydrogen-bond donors (Lipinski definition) is 0. The topological polar surface area (TPSA) is 0 Å². The first-order chi connectivity index (χ1) is 3.81. The van der Waals surface area contributed by atoms with Crippen LogP contribution in [0.15, 0.2) is 0 Å². The van der Waals surface area contributed by atoms with Gasteiger partial charge in [0.05, 0.1) is 0 Å². The van der Waals surface area contributed by atoms with Crippen LogP contribution in [-0.2, 0) is 0 Å². The molecule has 0 N–H and O–H groups in total. The summed E-state index contributed by atoms with van der Waals surface area (Å²) in [6.07, 6.45) is 0. The zero-order chi connectivity index (χ0) is 7.71.